The lowest BCUT2D eigenvalue weighted by Crippen LogP contribution is -2.30. The second-order valence-electron chi connectivity index (χ2n) is 4.71. The van der Waals surface area contributed by atoms with E-state index in [2.05, 4.69) is 11.4 Å². The standard InChI is InChI=1S/C14H22N2O2/c1-3-16-13-6-4-5-11(13)9-12(14(16)17)10-15-7-8-18-2/h9,15H,3-8,10H2,1-2H3. The first kappa shape index (κ1) is 13.3. The molecule has 0 saturated heterocycles. The number of hydrogen-bond donors (Lipinski definition) is 1. The van der Waals surface area contributed by atoms with E-state index in [1.165, 1.54) is 17.7 Å². The van der Waals surface area contributed by atoms with Gasteiger partial charge in [0.15, 0.2) is 0 Å². The highest BCUT2D eigenvalue weighted by Gasteiger charge is 2.17. The van der Waals surface area contributed by atoms with Crippen LogP contribution in [0, 0.1) is 0 Å². The fraction of sp³-hybridized carbons (Fsp3) is 0.643. The van der Waals surface area contributed by atoms with Crippen molar-refractivity contribution in [2.75, 3.05) is 20.3 Å². The molecule has 0 unspecified atom stereocenters. The van der Waals surface area contributed by atoms with Gasteiger partial charge in [-0.2, -0.15) is 0 Å². The fourth-order valence-electron chi connectivity index (χ4n) is 2.64. The van der Waals surface area contributed by atoms with Crippen LogP contribution >= 0.6 is 0 Å². The minimum Gasteiger partial charge on any atom is -0.383 e. The summed E-state index contributed by atoms with van der Waals surface area (Å²) < 4.78 is 6.92. The monoisotopic (exact) mass is 250 g/mol. The molecule has 1 aliphatic rings. The molecule has 0 bridgehead atoms. The van der Waals surface area contributed by atoms with Gasteiger partial charge in [0.25, 0.3) is 5.56 Å². The Kier molecular flexibility index (Phi) is 4.55. The van der Waals surface area contributed by atoms with E-state index >= 15 is 0 Å². The Morgan fingerprint density at radius 2 is 2.28 bits per heavy atom. The minimum atomic E-state index is 0.170. The highest BCUT2D eigenvalue weighted by molar-refractivity contribution is 5.30. The van der Waals surface area contributed by atoms with E-state index in [9.17, 15) is 4.79 Å². The number of pyridine rings is 1. The molecule has 1 aromatic rings. The molecule has 0 saturated carbocycles. The predicted molar refractivity (Wildman–Crippen MR) is 72.0 cm³/mol. The third kappa shape index (κ3) is 2.65. The predicted octanol–water partition coefficient (Wildman–Crippen LogP) is 1.09. The summed E-state index contributed by atoms with van der Waals surface area (Å²) in [4.78, 5) is 12.3. The summed E-state index contributed by atoms with van der Waals surface area (Å²) in [6.45, 7) is 4.90. The van der Waals surface area contributed by atoms with Crippen molar-refractivity contribution >= 4 is 0 Å². The number of nitrogens with zero attached hydrogens (tertiary/aromatic N) is 1. The zero-order chi connectivity index (χ0) is 13.0. The molecule has 18 heavy (non-hydrogen) atoms. The Morgan fingerprint density at radius 1 is 1.44 bits per heavy atom. The largest absolute Gasteiger partial charge is 0.383 e. The first-order valence-electron chi connectivity index (χ1n) is 6.72. The van der Waals surface area contributed by atoms with Gasteiger partial charge in [-0.3, -0.25) is 4.79 Å². The third-order valence-corrected chi connectivity index (χ3v) is 3.54. The zero-order valence-corrected chi connectivity index (χ0v) is 11.3. The normalized spacial score (nSPS) is 13.9. The molecule has 0 aromatic carbocycles. The van der Waals surface area contributed by atoms with E-state index in [0.29, 0.717) is 13.2 Å². The van der Waals surface area contributed by atoms with Crippen molar-refractivity contribution in [2.24, 2.45) is 0 Å². The topological polar surface area (TPSA) is 43.3 Å². The zero-order valence-electron chi connectivity index (χ0n) is 11.3. The lowest BCUT2D eigenvalue weighted by Gasteiger charge is -2.13. The van der Waals surface area contributed by atoms with E-state index in [4.69, 9.17) is 4.74 Å². The minimum absolute atomic E-state index is 0.170. The van der Waals surface area contributed by atoms with Crippen LogP contribution in [-0.2, 0) is 30.7 Å². The van der Waals surface area contributed by atoms with Crippen molar-refractivity contribution in [1.82, 2.24) is 9.88 Å². The number of nitrogens with one attached hydrogen (secondary N) is 1. The molecule has 4 heteroatoms. The molecule has 0 amide bonds. The Balaban J connectivity index is 2.18. The molecular formula is C14H22N2O2. The molecule has 1 aliphatic carbocycles. The Labute approximate surface area is 108 Å². The first-order chi connectivity index (χ1) is 8.77. The van der Waals surface area contributed by atoms with Gasteiger partial charge in [-0.15, -0.1) is 0 Å². The van der Waals surface area contributed by atoms with Crippen LogP contribution in [0.2, 0.25) is 0 Å². The summed E-state index contributed by atoms with van der Waals surface area (Å²) in [5.74, 6) is 0. The SMILES string of the molecule is CCn1c2c(cc(CNCCOC)c1=O)CCC2. The number of rotatable bonds is 6. The van der Waals surface area contributed by atoms with E-state index in [-0.39, 0.29) is 5.56 Å². The van der Waals surface area contributed by atoms with Crippen LogP contribution in [0.3, 0.4) is 0 Å². The fourth-order valence-corrected chi connectivity index (χ4v) is 2.64. The molecule has 4 nitrogen and oxygen atoms in total. The van der Waals surface area contributed by atoms with Crippen LogP contribution in [0.4, 0.5) is 0 Å². The molecule has 0 radical (unpaired) electrons. The van der Waals surface area contributed by atoms with Crippen molar-refractivity contribution in [3.8, 4) is 0 Å². The van der Waals surface area contributed by atoms with Gasteiger partial charge in [0.2, 0.25) is 0 Å². The smallest absolute Gasteiger partial charge is 0.255 e. The van der Waals surface area contributed by atoms with Crippen molar-refractivity contribution in [2.45, 2.75) is 39.3 Å². The molecule has 100 valence electrons. The molecule has 0 fully saturated rings. The number of ether oxygens (including phenoxy) is 1. The number of fused-ring (bicyclic) bond motifs is 1. The van der Waals surface area contributed by atoms with Crippen molar-refractivity contribution in [3.63, 3.8) is 0 Å². The van der Waals surface area contributed by atoms with E-state index in [1.807, 2.05) is 11.5 Å². The van der Waals surface area contributed by atoms with E-state index in [0.717, 1.165) is 31.5 Å². The summed E-state index contributed by atoms with van der Waals surface area (Å²) in [5.41, 5.74) is 3.67. The Hall–Kier alpha value is -1.13. The van der Waals surface area contributed by atoms with Gasteiger partial charge in [0.05, 0.1) is 6.61 Å². The van der Waals surface area contributed by atoms with Crippen molar-refractivity contribution in [1.29, 1.82) is 0 Å². The van der Waals surface area contributed by atoms with Gasteiger partial charge >= 0.3 is 0 Å². The van der Waals surface area contributed by atoms with Crippen molar-refractivity contribution in [3.05, 3.63) is 33.2 Å². The summed E-state index contributed by atoms with van der Waals surface area (Å²) in [7, 11) is 1.68. The molecule has 1 heterocycles. The van der Waals surface area contributed by atoms with E-state index < -0.39 is 0 Å². The van der Waals surface area contributed by atoms with Crippen LogP contribution in [-0.4, -0.2) is 24.8 Å². The van der Waals surface area contributed by atoms with Gasteiger partial charge in [-0.05, 0) is 37.8 Å². The second-order valence-corrected chi connectivity index (χ2v) is 4.71. The highest BCUT2D eigenvalue weighted by atomic mass is 16.5. The molecule has 0 spiro atoms. The molecule has 0 atom stereocenters. The van der Waals surface area contributed by atoms with E-state index in [1.54, 1.807) is 7.11 Å². The summed E-state index contributed by atoms with van der Waals surface area (Å²) in [6.07, 6.45) is 3.34. The molecule has 1 aromatic heterocycles. The van der Waals surface area contributed by atoms with Gasteiger partial charge in [-0.25, -0.2) is 0 Å². The quantitative estimate of drug-likeness (QED) is 0.769. The van der Waals surface area contributed by atoms with Crippen LogP contribution in [0.15, 0.2) is 10.9 Å². The lowest BCUT2D eigenvalue weighted by atomic mass is 10.1. The van der Waals surface area contributed by atoms with Gasteiger partial charge in [0, 0.05) is 38.0 Å². The number of methoxy groups -OCH3 is 1. The Bertz CT molecular complexity index is 466. The molecule has 0 aliphatic heterocycles. The third-order valence-electron chi connectivity index (χ3n) is 3.54. The average molecular weight is 250 g/mol. The van der Waals surface area contributed by atoms with Gasteiger partial charge in [-0.1, -0.05) is 0 Å². The highest BCUT2D eigenvalue weighted by Crippen LogP contribution is 2.21. The van der Waals surface area contributed by atoms with Crippen LogP contribution in [0.1, 0.15) is 30.2 Å². The molecule has 1 N–H and O–H groups in total. The number of aryl methyl sites for hydroxylation is 1. The Morgan fingerprint density at radius 3 is 3.00 bits per heavy atom. The number of aromatic nitrogens is 1. The first-order valence-corrected chi connectivity index (χ1v) is 6.72. The summed E-state index contributed by atoms with van der Waals surface area (Å²) in [5, 5.41) is 3.25. The maximum absolute atomic E-state index is 12.3. The van der Waals surface area contributed by atoms with Crippen molar-refractivity contribution < 1.29 is 4.74 Å². The molecule has 2 rings (SSSR count). The average Bonchev–Trinajstić information content (AvgIpc) is 2.83. The maximum atomic E-state index is 12.3. The van der Waals surface area contributed by atoms with Gasteiger partial charge in [0.1, 0.15) is 0 Å². The summed E-state index contributed by atoms with van der Waals surface area (Å²) >= 11 is 0. The lowest BCUT2D eigenvalue weighted by molar-refractivity contribution is 0.199. The summed E-state index contributed by atoms with van der Waals surface area (Å²) in [6, 6.07) is 2.09. The maximum Gasteiger partial charge on any atom is 0.255 e. The van der Waals surface area contributed by atoms with Crippen LogP contribution in [0.25, 0.3) is 0 Å². The second kappa shape index (κ2) is 6.16. The van der Waals surface area contributed by atoms with Crippen LogP contribution in [0.5, 0.6) is 0 Å². The van der Waals surface area contributed by atoms with Gasteiger partial charge < -0.3 is 14.6 Å². The number of hydrogen-bond acceptors (Lipinski definition) is 3. The van der Waals surface area contributed by atoms with Crippen LogP contribution < -0.4 is 10.9 Å². The molecular weight excluding hydrogens is 228 g/mol.